The van der Waals surface area contributed by atoms with Gasteiger partial charge in [0.15, 0.2) is 0 Å². The number of nitrogens with one attached hydrogen (secondary N) is 2. The van der Waals surface area contributed by atoms with Gasteiger partial charge in [0, 0.05) is 31.0 Å². The van der Waals surface area contributed by atoms with Gasteiger partial charge in [0.25, 0.3) is 0 Å². The number of amides is 2. The van der Waals surface area contributed by atoms with E-state index in [0.29, 0.717) is 12.5 Å². The van der Waals surface area contributed by atoms with E-state index in [0.717, 1.165) is 47.0 Å². The van der Waals surface area contributed by atoms with Gasteiger partial charge < -0.3 is 25.4 Å². The van der Waals surface area contributed by atoms with Crippen LogP contribution in [0.5, 0.6) is 5.75 Å². The summed E-state index contributed by atoms with van der Waals surface area (Å²) in [6.45, 7) is 15.1. The van der Waals surface area contributed by atoms with Crippen molar-refractivity contribution in [2.45, 2.75) is 85.9 Å². The highest BCUT2D eigenvalue weighted by Crippen LogP contribution is 2.32. The zero-order valence-corrected chi connectivity index (χ0v) is 25.9. The molecule has 3 N–H and O–H groups in total. The highest BCUT2D eigenvalue weighted by Gasteiger charge is 2.40. The average molecular weight is 573 g/mol. The van der Waals surface area contributed by atoms with Gasteiger partial charge in [0.2, 0.25) is 11.8 Å². The molecule has 2 saturated heterocycles. The average Bonchev–Trinajstić information content (AvgIpc) is 3.58. The second kappa shape index (κ2) is 15.5. The first-order chi connectivity index (χ1) is 19.2. The summed E-state index contributed by atoms with van der Waals surface area (Å²) < 4.78 is 6.32. The molecule has 3 atom stereocenters. The number of nitrogens with zero attached hydrogens (tertiary/aromatic N) is 2. The van der Waals surface area contributed by atoms with Crippen molar-refractivity contribution in [1.82, 2.24) is 20.5 Å². The SMILES string of the molecule is CC.Cc1ncsc1-c1ccc(CNC(=O)C2CC(O)CN2C(=O)C(C)C(C)C)c(OCCC2CCNCC2)c1. The minimum Gasteiger partial charge on any atom is -0.493 e. The first-order valence-electron chi connectivity index (χ1n) is 14.9. The Bertz CT molecular complexity index is 1100. The van der Waals surface area contributed by atoms with Gasteiger partial charge in [-0.3, -0.25) is 9.59 Å². The van der Waals surface area contributed by atoms with Crippen LogP contribution < -0.4 is 15.4 Å². The minimum atomic E-state index is -0.690. The Hall–Kier alpha value is -2.49. The van der Waals surface area contributed by atoms with Crippen LogP contribution in [0.3, 0.4) is 0 Å². The molecule has 2 aromatic rings. The van der Waals surface area contributed by atoms with Gasteiger partial charge in [0.1, 0.15) is 11.8 Å². The zero-order chi connectivity index (χ0) is 29.2. The summed E-state index contributed by atoms with van der Waals surface area (Å²) in [7, 11) is 0. The standard InChI is InChI=1S/C29H42N4O4S.C2H6/c1-18(2)19(3)29(36)33-16-24(34)14-25(33)28(35)31-15-23-6-5-22(27-20(4)32-17-38-27)13-26(23)37-12-9-21-7-10-30-11-8-21;1-2/h5-6,13,17-19,21,24-25,30,34H,7-12,14-16H2,1-4H3,(H,31,35);1-2H3. The molecule has 4 rings (SSSR count). The number of benzene rings is 1. The number of hydrogen-bond donors (Lipinski definition) is 3. The normalized spacial score (nSPS) is 20.1. The first kappa shape index (κ1) is 32.0. The number of carbonyl (C=O) groups is 2. The molecule has 9 heteroatoms. The van der Waals surface area contributed by atoms with E-state index in [-0.39, 0.29) is 43.2 Å². The summed E-state index contributed by atoms with van der Waals surface area (Å²) in [5.41, 5.74) is 4.77. The molecule has 0 spiro atoms. The van der Waals surface area contributed by atoms with E-state index in [1.165, 1.54) is 12.8 Å². The lowest BCUT2D eigenvalue weighted by Gasteiger charge is -2.28. The maximum atomic E-state index is 13.2. The van der Waals surface area contributed by atoms with Crippen LogP contribution in [0.2, 0.25) is 0 Å². The van der Waals surface area contributed by atoms with Crippen LogP contribution in [-0.2, 0) is 16.1 Å². The summed E-state index contributed by atoms with van der Waals surface area (Å²) in [6, 6.07) is 5.43. The predicted molar refractivity (Wildman–Crippen MR) is 161 cm³/mol. The molecule has 1 aromatic heterocycles. The fourth-order valence-corrected chi connectivity index (χ4v) is 6.02. The maximum Gasteiger partial charge on any atom is 0.243 e. The third kappa shape index (κ3) is 8.27. The van der Waals surface area contributed by atoms with Crippen LogP contribution in [0.1, 0.15) is 71.6 Å². The van der Waals surface area contributed by atoms with Gasteiger partial charge in [-0.2, -0.15) is 0 Å². The second-order valence-electron chi connectivity index (χ2n) is 11.1. The first-order valence-corrected chi connectivity index (χ1v) is 15.8. The topological polar surface area (TPSA) is 104 Å². The molecule has 2 amide bonds. The fraction of sp³-hybridized carbons (Fsp3) is 0.645. The smallest absolute Gasteiger partial charge is 0.243 e. The van der Waals surface area contributed by atoms with Crippen molar-refractivity contribution in [3.05, 3.63) is 35.0 Å². The van der Waals surface area contributed by atoms with Gasteiger partial charge in [-0.25, -0.2) is 4.98 Å². The number of rotatable bonds is 10. The molecule has 0 radical (unpaired) electrons. The third-order valence-electron chi connectivity index (χ3n) is 8.02. The van der Waals surface area contributed by atoms with Crippen LogP contribution in [0.25, 0.3) is 10.4 Å². The molecule has 2 fully saturated rings. The van der Waals surface area contributed by atoms with Gasteiger partial charge in [-0.1, -0.05) is 46.8 Å². The monoisotopic (exact) mass is 572 g/mol. The van der Waals surface area contributed by atoms with Crippen molar-refractivity contribution >= 4 is 23.2 Å². The summed E-state index contributed by atoms with van der Waals surface area (Å²) in [6.07, 6.45) is 2.91. The van der Waals surface area contributed by atoms with Crippen molar-refractivity contribution in [2.24, 2.45) is 17.8 Å². The van der Waals surface area contributed by atoms with Gasteiger partial charge in [-0.15, -0.1) is 11.3 Å². The molecule has 8 nitrogen and oxygen atoms in total. The van der Waals surface area contributed by atoms with E-state index in [9.17, 15) is 14.7 Å². The minimum absolute atomic E-state index is 0.0806. The Morgan fingerprint density at radius 3 is 2.60 bits per heavy atom. The number of hydrogen-bond acceptors (Lipinski definition) is 7. The van der Waals surface area contributed by atoms with E-state index < -0.39 is 12.1 Å². The Balaban J connectivity index is 0.00000216. The number of aryl methyl sites for hydroxylation is 1. The lowest BCUT2D eigenvalue weighted by molar-refractivity contribution is -0.142. The highest BCUT2D eigenvalue weighted by atomic mass is 32.1. The molecule has 3 heterocycles. The second-order valence-corrected chi connectivity index (χ2v) is 11.9. The van der Waals surface area contributed by atoms with Crippen molar-refractivity contribution in [3.63, 3.8) is 0 Å². The highest BCUT2D eigenvalue weighted by molar-refractivity contribution is 7.13. The molecule has 222 valence electrons. The molecule has 2 aliphatic heterocycles. The quantitative estimate of drug-likeness (QED) is 0.379. The molecular weight excluding hydrogens is 524 g/mol. The fourth-order valence-electron chi connectivity index (χ4n) is 5.21. The number of thiazole rings is 1. The van der Waals surface area contributed by atoms with Crippen LogP contribution in [0.4, 0.5) is 0 Å². The Morgan fingerprint density at radius 1 is 1.23 bits per heavy atom. The molecule has 0 aliphatic carbocycles. The maximum absolute atomic E-state index is 13.2. The van der Waals surface area contributed by atoms with Gasteiger partial charge in [0.05, 0.1) is 28.8 Å². The van der Waals surface area contributed by atoms with Crippen LogP contribution in [0, 0.1) is 24.7 Å². The number of carbonyl (C=O) groups excluding carboxylic acids is 2. The molecule has 2 aliphatic rings. The van der Waals surface area contributed by atoms with E-state index in [1.54, 1.807) is 16.2 Å². The van der Waals surface area contributed by atoms with E-state index in [1.807, 2.05) is 65.3 Å². The van der Waals surface area contributed by atoms with Gasteiger partial charge in [-0.05, 0) is 62.7 Å². The van der Waals surface area contributed by atoms with Crippen molar-refractivity contribution in [1.29, 1.82) is 0 Å². The number of ether oxygens (including phenoxy) is 1. The van der Waals surface area contributed by atoms with Gasteiger partial charge >= 0.3 is 0 Å². The Kier molecular flexibility index (Phi) is 12.4. The Morgan fingerprint density at radius 2 is 1.95 bits per heavy atom. The van der Waals surface area contributed by atoms with Crippen molar-refractivity contribution in [3.8, 4) is 16.2 Å². The van der Waals surface area contributed by atoms with E-state index in [2.05, 4.69) is 15.6 Å². The van der Waals surface area contributed by atoms with Crippen molar-refractivity contribution < 1.29 is 19.4 Å². The number of piperidine rings is 1. The van der Waals surface area contributed by atoms with E-state index >= 15 is 0 Å². The largest absolute Gasteiger partial charge is 0.493 e. The van der Waals surface area contributed by atoms with E-state index in [4.69, 9.17) is 4.74 Å². The summed E-state index contributed by atoms with van der Waals surface area (Å²) >= 11 is 1.60. The van der Waals surface area contributed by atoms with Crippen LogP contribution >= 0.6 is 11.3 Å². The third-order valence-corrected chi connectivity index (χ3v) is 9.00. The lowest BCUT2D eigenvalue weighted by Crippen LogP contribution is -2.48. The molecule has 1 aromatic carbocycles. The van der Waals surface area contributed by atoms with Crippen LogP contribution in [0.15, 0.2) is 23.7 Å². The van der Waals surface area contributed by atoms with Crippen molar-refractivity contribution in [2.75, 3.05) is 26.2 Å². The lowest BCUT2D eigenvalue weighted by atomic mass is 9.95. The molecule has 0 saturated carbocycles. The number of likely N-dealkylation sites (tertiary alicyclic amines) is 1. The molecule has 3 unspecified atom stereocenters. The zero-order valence-electron chi connectivity index (χ0n) is 25.0. The molecule has 0 bridgehead atoms. The number of β-amino-alcohol motifs (C(OH)–C–C–N with tert-alkyl or cyclic N) is 1. The number of aromatic nitrogens is 1. The number of aliphatic hydroxyl groups excluding tert-OH is 1. The van der Waals surface area contributed by atoms with Crippen LogP contribution in [-0.4, -0.2) is 65.2 Å². The molecular formula is C31H48N4O4S. The summed E-state index contributed by atoms with van der Waals surface area (Å²) in [4.78, 5) is 33.3. The summed E-state index contributed by atoms with van der Waals surface area (Å²) in [5, 5.41) is 16.7. The number of aliphatic hydroxyl groups is 1. The molecule has 40 heavy (non-hydrogen) atoms. The Labute approximate surface area is 243 Å². The predicted octanol–water partition coefficient (Wildman–Crippen LogP) is 4.78. The summed E-state index contributed by atoms with van der Waals surface area (Å²) in [5.74, 6) is 1.05.